The quantitative estimate of drug-likeness (QED) is 0.728. The molecular weight excluding hydrogens is 198 g/mol. The first-order valence-corrected chi connectivity index (χ1v) is 7.07. The second-order valence-electron chi connectivity index (χ2n) is 6.16. The lowest BCUT2D eigenvalue weighted by Crippen LogP contribution is -2.40. The van der Waals surface area contributed by atoms with Crippen LogP contribution in [-0.2, 0) is 0 Å². The molecule has 0 amide bonds. The van der Waals surface area contributed by atoms with Gasteiger partial charge in [-0.1, -0.05) is 26.2 Å². The van der Waals surface area contributed by atoms with Gasteiger partial charge in [-0.3, -0.25) is 0 Å². The number of aliphatic hydroxyl groups is 1. The van der Waals surface area contributed by atoms with E-state index in [9.17, 15) is 5.11 Å². The average molecular weight is 225 g/mol. The van der Waals surface area contributed by atoms with Crippen LogP contribution in [0.25, 0.3) is 0 Å². The summed E-state index contributed by atoms with van der Waals surface area (Å²) in [7, 11) is 0. The molecule has 0 heterocycles. The Hall–Kier alpha value is -0.0800. The van der Waals surface area contributed by atoms with E-state index in [1.807, 2.05) is 0 Å². The van der Waals surface area contributed by atoms with Crippen molar-refractivity contribution in [3.8, 4) is 0 Å². The predicted molar refractivity (Wildman–Crippen MR) is 67.4 cm³/mol. The van der Waals surface area contributed by atoms with Crippen LogP contribution < -0.4 is 5.32 Å². The zero-order chi connectivity index (χ0) is 11.4. The fourth-order valence-corrected chi connectivity index (χ4v) is 3.09. The summed E-state index contributed by atoms with van der Waals surface area (Å²) in [4.78, 5) is 0. The van der Waals surface area contributed by atoms with Crippen molar-refractivity contribution in [3.63, 3.8) is 0 Å². The number of aliphatic hydroxyl groups excluding tert-OH is 1. The summed E-state index contributed by atoms with van der Waals surface area (Å²) in [6.07, 6.45) is 9.28. The van der Waals surface area contributed by atoms with Crippen molar-refractivity contribution in [1.82, 2.24) is 5.32 Å². The highest BCUT2D eigenvalue weighted by atomic mass is 16.3. The maximum atomic E-state index is 9.59. The standard InChI is InChI=1S/C14H27NO/c1-12(13-5-6-13)9-15-10-14(11-16)7-3-2-4-8-14/h12-13,15-16H,2-11H2,1H3. The summed E-state index contributed by atoms with van der Waals surface area (Å²) in [5, 5.41) is 13.2. The Balaban J connectivity index is 1.69. The lowest BCUT2D eigenvalue weighted by atomic mass is 9.74. The summed E-state index contributed by atoms with van der Waals surface area (Å²) < 4.78 is 0. The Bertz CT molecular complexity index is 207. The maximum absolute atomic E-state index is 9.59. The lowest BCUT2D eigenvalue weighted by molar-refractivity contribution is 0.0803. The van der Waals surface area contributed by atoms with Crippen molar-refractivity contribution < 1.29 is 5.11 Å². The first kappa shape index (κ1) is 12.4. The smallest absolute Gasteiger partial charge is 0.0499 e. The molecule has 0 saturated heterocycles. The van der Waals surface area contributed by atoms with E-state index in [-0.39, 0.29) is 5.41 Å². The molecule has 0 radical (unpaired) electrons. The first-order valence-electron chi connectivity index (χ1n) is 7.07. The molecule has 16 heavy (non-hydrogen) atoms. The molecule has 2 saturated carbocycles. The zero-order valence-corrected chi connectivity index (χ0v) is 10.7. The molecule has 2 fully saturated rings. The van der Waals surface area contributed by atoms with Gasteiger partial charge >= 0.3 is 0 Å². The van der Waals surface area contributed by atoms with Crippen LogP contribution in [0.5, 0.6) is 0 Å². The van der Waals surface area contributed by atoms with E-state index in [0.717, 1.165) is 24.9 Å². The van der Waals surface area contributed by atoms with Gasteiger partial charge in [0.25, 0.3) is 0 Å². The van der Waals surface area contributed by atoms with Gasteiger partial charge in [0.1, 0.15) is 0 Å². The van der Waals surface area contributed by atoms with Crippen LogP contribution in [0.15, 0.2) is 0 Å². The summed E-state index contributed by atoms with van der Waals surface area (Å²) in [6, 6.07) is 0. The summed E-state index contributed by atoms with van der Waals surface area (Å²) in [5.41, 5.74) is 0.210. The van der Waals surface area contributed by atoms with Crippen molar-refractivity contribution >= 4 is 0 Å². The minimum atomic E-state index is 0.210. The van der Waals surface area contributed by atoms with E-state index in [4.69, 9.17) is 0 Å². The molecule has 1 atom stereocenters. The Morgan fingerprint density at radius 3 is 2.50 bits per heavy atom. The van der Waals surface area contributed by atoms with E-state index in [0.29, 0.717) is 6.61 Å². The second kappa shape index (κ2) is 5.50. The van der Waals surface area contributed by atoms with E-state index in [1.54, 1.807) is 0 Å². The van der Waals surface area contributed by atoms with E-state index < -0.39 is 0 Å². The molecule has 94 valence electrons. The van der Waals surface area contributed by atoms with Crippen molar-refractivity contribution in [2.24, 2.45) is 17.3 Å². The molecule has 2 rings (SSSR count). The molecule has 2 heteroatoms. The molecule has 1 unspecified atom stereocenters. The molecule has 2 N–H and O–H groups in total. The Morgan fingerprint density at radius 1 is 1.25 bits per heavy atom. The fourth-order valence-electron chi connectivity index (χ4n) is 3.09. The number of nitrogens with one attached hydrogen (secondary N) is 1. The minimum absolute atomic E-state index is 0.210. The molecule has 0 bridgehead atoms. The second-order valence-corrected chi connectivity index (χ2v) is 6.16. The SMILES string of the molecule is CC(CNCC1(CO)CCCCC1)C1CC1. The minimum Gasteiger partial charge on any atom is -0.396 e. The fraction of sp³-hybridized carbons (Fsp3) is 1.00. The molecule has 0 aromatic rings. The molecule has 2 aliphatic carbocycles. The lowest BCUT2D eigenvalue weighted by Gasteiger charge is -2.36. The van der Waals surface area contributed by atoms with Gasteiger partial charge in [-0.25, -0.2) is 0 Å². The number of hydrogen-bond acceptors (Lipinski definition) is 2. The third-order valence-electron chi connectivity index (χ3n) is 4.64. The van der Waals surface area contributed by atoms with E-state index >= 15 is 0 Å². The van der Waals surface area contributed by atoms with Crippen molar-refractivity contribution in [1.29, 1.82) is 0 Å². The van der Waals surface area contributed by atoms with Crippen molar-refractivity contribution in [2.45, 2.75) is 51.9 Å². The van der Waals surface area contributed by atoms with Crippen molar-refractivity contribution in [2.75, 3.05) is 19.7 Å². The van der Waals surface area contributed by atoms with Crippen LogP contribution in [0.4, 0.5) is 0 Å². The summed E-state index contributed by atoms with van der Waals surface area (Å²) >= 11 is 0. The molecule has 0 aromatic carbocycles. The van der Waals surface area contributed by atoms with Gasteiger partial charge in [-0.15, -0.1) is 0 Å². The van der Waals surface area contributed by atoms with Crippen LogP contribution in [0.3, 0.4) is 0 Å². The maximum Gasteiger partial charge on any atom is 0.0499 e. The van der Waals surface area contributed by atoms with E-state index in [2.05, 4.69) is 12.2 Å². The summed E-state index contributed by atoms with van der Waals surface area (Å²) in [5.74, 6) is 1.82. The van der Waals surface area contributed by atoms with Crippen LogP contribution in [-0.4, -0.2) is 24.8 Å². The highest BCUT2D eigenvalue weighted by molar-refractivity contribution is 4.86. The monoisotopic (exact) mass is 225 g/mol. The molecular formula is C14H27NO. The Kier molecular flexibility index (Phi) is 4.26. The van der Waals surface area contributed by atoms with Gasteiger partial charge in [-0.2, -0.15) is 0 Å². The van der Waals surface area contributed by atoms with E-state index in [1.165, 1.54) is 44.9 Å². The predicted octanol–water partition coefficient (Wildman–Crippen LogP) is 2.56. The topological polar surface area (TPSA) is 32.3 Å². The highest BCUT2D eigenvalue weighted by Gasteiger charge is 2.32. The molecule has 0 spiro atoms. The normalized spacial score (nSPS) is 26.6. The molecule has 2 nitrogen and oxygen atoms in total. The highest BCUT2D eigenvalue weighted by Crippen LogP contribution is 2.37. The first-order chi connectivity index (χ1) is 7.76. The number of hydrogen-bond donors (Lipinski definition) is 2. The Labute approximate surface area is 99.8 Å². The molecule has 0 aromatic heterocycles. The van der Waals surface area contributed by atoms with Crippen LogP contribution >= 0.6 is 0 Å². The van der Waals surface area contributed by atoms with Gasteiger partial charge in [0.2, 0.25) is 0 Å². The third-order valence-corrected chi connectivity index (χ3v) is 4.64. The van der Waals surface area contributed by atoms with Gasteiger partial charge in [0.05, 0.1) is 0 Å². The average Bonchev–Trinajstić information content (AvgIpc) is 3.14. The summed E-state index contributed by atoms with van der Waals surface area (Å²) in [6.45, 7) is 4.90. The largest absolute Gasteiger partial charge is 0.396 e. The zero-order valence-electron chi connectivity index (χ0n) is 10.7. The van der Waals surface area contributed by atoms with Crippen molar-refractivity contribution in [3.05, 3.63) is 0 Å². The Morgan fingerprint density at radius 2 is 1.94 bits per heavy atom. The van der Waals surface area contributed by atoms with Gasteiger partial charge in [0.15, 0.2) is 0 Å². The number of rotatable bonds is 6. The van der Waals surface area contributed by atoms with Crippen LogP contribution in [0.1, 0.15) is 51.9 Å². The molecule has 2 aliphatic rings. The van der Waals surface area contributed by atoms with Crippen LogP contribution in [0, 0.1) is 17.3 Å². The van der Waals surface area contributed by atoms with Crippen LogP contribution in [0.2, 0.25) is 0 Å². The third kappa shape index (κ3) is 3.21. The molecule has 0 aliphatic heterocycles. The van der Waals surface area contributed by atoms with Gasteiger partial charge in [-0.05, 0) is 44.1 Å². The van der Waals surface area contributed by atoms with Gasteiger partial charge < -0.3 is 10.4 Å². The van der Waals surface area contributed by atoms with Gasteiger partial charge in [0, 0.05) is 18.6 Å².